The van der Waals surface area contributed by atoms with Crippen LogP contribution in [0.25, 0.3) is 0 Å². The summed E-state index contributed by atoms with van der Waals surface area (Å²) in [5.74, 6) is 1.15. The molecule has 2 amide bonds. The van der Waals surface area contributed by atoms with Crippen LogP contribution in [0.5, 0.6) is 0 Å². The number of hydrogen-bond acceptors (Lipinski definition) is 3. The summed E-state index contributed by atoms with van der Waals surface area (Å²) in [5, 5.41) is 2.89. The lowest BCUT2D eigenvalue weighted by Crippen LogP contribution is -2.30. The quantitative estimate of drug-likeness (QED) is 0.821. The minimum atomic E-state index is -0.107. The molecule has 3 rings (SSSR count). The smallest absolute Gasteiger partial charge is 0.271 e. The Kier molecular flexibility index (Phi) is 4.22. The van der Waals surface area contributed by atoms with Crippen LogP contribution in [0.3, 0.4) is 0 Å². The second-order valence-electron chi connectivity index (χ2n) is 5.79. The number of aryl methyl sites for hydroxylation is 2. The largest absolute Gasteiger partial charge is 0.351 e. The summed E-state index contributed by atoms with van der Waals surface area (Å²) in [4.78, 5) is 29.8. The van der Waals surface area contributed by atoms with E-state index in [0.717, 1.165) is 57.6 Å². The van der Waals surface area contributed by atoms with Crippen molar-refractivity contribution in [2.24, 2.45) is 0 Å². The van der Waals surface area contributed by atoms with E-state index in [0.29, 0.717) is 18.7 Å². The Labute approximate surface area is 124 Å². The molecule has 2 aliphatic rings. The normalized spacial score (nSPS) is 17.9. The third-order valence-electron chi connectivity index (χ3n) is 4.20. The fourth-order valence-corrected chi connectivity index (χ4v) is 3.02. The number of aromatic nitrogens is 2. The van der Waals surface area contributed by atoms with Gasteiger partial charge in [0.15, 0.2) is 0 Å². The van der Waals surface area contributed by atoms with Gasteiger partial charge in [0.2, 0.25) is 5.91 Å². The third kappa shape index (κ3) is 3.25. The van der Waals surface area contributed by atoms with Gasteiger partial charge in [-0.15, -0.1) is 0 Å². The van der Waals surface area contributed by atoms with Gasteiger partial charge in [-0.1, -0.05) is 0 Å². The molecule has 0 radical (unpaired) electrons. The fourth-order valence-electron chi connectivity index (χ4n) is 3.02. The Balaban J connectivity index is 1.43. The van der Waals surface area contributed by atoms with E-state index in [1.807, 2.05) is 11.1 Å². The van der Waals surface area contributed by atoms with E-state index in [-0.39, 0.29) is 11.8 Å². The molecule has 6 nitrogen and oxygen atoms in total. The Bertz CT molecular complexity index is 514. The van der Waals surface area contributed by atoms with Crippen LogP contribution in [0.4, 0.5) is 0 Å². The summed E-state index contributed by atoms with van der Waals surface area (Å²) in [7, 11) is 0. The number of imidazole rings is 1. The molecule has 0 unspecified atom stereocenters. The number of nitrogens with one attached hydrogen (secondary N) is 1. The standard InChI is InChI=1S/C15H22N4O2/c20-14-6-3-9-18(14)10-4-7-16-15(21)12-11-19-8-2-1-5-13(19)17-12/h11H,1-10H2,(H,16,21). The number of hydrogen-bond donors (Lipinski definition) is 1. The molecule has 0 spiro atoms. The van der Waals surface area contributed by atoms with Gasteiger partial charge in [-0.2, -0.15) is 0 Å². The molecule has 114 valence electrons. The first kappa shape index (κ1) is 14.1. The predicted molar refractivity (Wildman–Crippen MR) is 77.9 cm³/mol. The summed E-state index contributed by atoms with van der Waals surface area (Å²) >= 11 is 0. The molecule has 0 saturated carbocycles. The van der Waals surface area contributed by atoms with E-state index in [2.05, 4.69) is 14.9 Å². The van der Waals surface area contributed by atoms with Gasteiger partial charge in [-0.05, 0) is 25.7 Å². The van der Waals surface area contributed by atoms with Crippen molar-refractivity contribution in [3.8, 4) is 0 Å². The summed E-state index contributed by atoms with van der Waals surface area (Å²) in [5.41, 5.74) is 0.518. The van der Waals surface area contributed by atoms with Gasteiger partial charge < -0.3 is 14.8 Å². The monoisotopic (exact) mass is 290 g/mol. The van der Waals surface area contributed by atoms with Crippen LogP contribution in [0.2, 0.25) is 0 Å². The van der Waals surface area contributed by atoms with Crippen molar-refractivity contribution in [1.82, 2.24) is 19.8 Å². The Morgan fingerprint density at radius 1 is 1.24 bits per heavy atom. The highest BCUT2D eigenvalue weighted by atomic mass is 16.2. The number of carbonyl (C=O) groups excluding carboxylic acids is 2. The molecule has 2 aliphatic heterocycles. The fraction of sp³-hybridized carbons (Fsp3) is 0.667. The van der Waals surface area contributed by atoms with E-state index in [1.54, 1.807) is 0 Å². The molecular formula is C15H22N4O2. The Hall–Kier alpha value is -1.85. The summed E-state index contributed by atoms with van der Waals surface area (Å²) < 4.78 is 2.08. The van der Waals surface area contributed by atoms with Crippen molar-refractivity contribution < 1.29 is 9.59 Å². The zero-order valence-electron chi connectivity index (χ0n) is 12.3. The third-order valence-corrected chi connectivity index (χ3v) is 4.20. The van der Waals surface area contributed by atoms with E-state index in [1.165, 1.54) is 0 Å². The minimum Gasteiger partial charge on any atom is -0.351 e. The van der Waals surface area contributed by atoms with Gasteiger partial charge in [0, 0.05) is 45.2 Å². The molecule has 1 aromatic rings. The van der Waals surface area contributed by atoms with Crippen LogP contribution >= 0.6 is 0 Å². The highest BCUT2D eigenvalue weighted by Gasteiger charge is 2.19. The highest BCUT2D eigenvalue weighted by Crippen LogP contribution is 2.14. The molecule has 0 aliphatic carbocycles. The molecule has 3 heterocycles. The topological polar surface area (TPSA) is 67.2 Å². The molecule has 1 N–H and O–H groups in total. The lowest BCUT2D eigenvalue weighted by atomic mass is 10.2. The maximum atomic E-state index is 12.1. The number of fused-ring (bicyclic) bond motifs is 1. The zero-order chi connectivity index (χ0) is 14.7. The van der Waals surface area contributed by atoms with Gasteiger partial charge in [0.1, 0.15) is 11.5 Å². The highest BCUT2D eigenvalue weighted by molar-refractivity contribution is 5.92. The number of nitrogens with zero attached hydrogens (tertiary/aromatic N) is 3. The van der Waals surface area contributed by atoms with Gasteiger partial charge in [0.05, 0.1) is 0 Å². The first-order valence-corrected chi connectivity index (χ1v) is 7.86. The summed E-state index contributed by atoms with van der Waals surface area (Å²) in [6.45, 7) is 3.15. The number of amides is 2. The van der Waals surface area contributed by atoms with E-state index in [9.17, 15) is 9.59 Å². The van der Waals surface area contributed by atoms with Gasteiger partial charge in [-0.3, -0.25) is 9.59 Å². The lowest BCUT2D eigenvalue weighted by molar-refractivity contribution is -0.127. The zero-order valence-corrected chi connectivity index (χ0v) is 12.3. The van der Waals surface area contributed by atoms with Gasteiger partial charge in [-0.25, -0.2) is 4.98 Å². The molecule has 0 bridgehead atoms. The second kappa shape index (κ2) is 6.28. The molecule has 1 saturated heterocycles. The van der Waals surface area contributed by atoms with Crippen LogP contribution in [0, 0.1) is 0 Å². The van der Waals surface area contributed by atoms with Crippen LogP contribution in [-0.4, -0.2) is 45.9 Å². The van der Waals surface area contributed by atoms with Crippen molar-refractivity contribution >= 4 is 11.8 Å². The van der Waals surface area contributed by atoms with Crippen molar-refractivity contribution in [3.63, 3.8) is 0 Å². The van der Waals surface area contributed by atoms with Crippen molar-refractivity contribution in [2.45, 2.75) is 45.1 Å². The molecule has 6 heteroatoms. The Morgan fingerprint density at radius 2 is 2.14 bits per heavy atom. The summed E-state index contributed by atoms with van der Waals surface area (Å²) in [6, 6.07) is 0. The average Bonchev–Trinajstić information content (AvgIpc) is 3.09. The van der Waals surface area contributed by atoms with Crippen molar-refractivity contribution in [3.05, 3.63) is 17.7 Å². The van der Waals surface area contributed by atoms with Crippen LogP contribution < -0.4 is 5.32 Å². The summed E-state index contributed by atoms with van der Waals surface area (Å²) in [6.07, 6.45) is 7.57. The minimum absolute atomic E-state index is 0.107. The van der Waals surface area contributed by atoms with E-state index >= 15 is 0 Å². The Morgan fingerprint density at radius 3 is 2.90 bits per heavy atom. The average molecular weight is 290 g/mol. The van der Waals surface area contributed by atoms with Crippen molar-refractivity contribution in [2.75, 3.05) is 19.6 Å². The molecule has 0 aromatic carbocycles. The maximum absolute atomic E-state index is 12.1. The number of rotatable bonds is 5. The molecular weight excluding hydrogens is 268 g/mol. The van der Waals surface area contributed by atoms with Crippen molar-refractivity contribution in [1.29, 1.82) is 0 Å². The first-order chi connectivity index (χ1) is 10.2. The van der Waals surface area contributed by atoms with Gasteiger partial charge >= 0.3 is 0 Å². The molecule has 0 atom stereocenters. The first-order valence-electron chi connectivity index (χ1n) is 7.86. The predicted octanol–water partition coefficient (Wildman–Crippen LogP) is 0.962. The van der Waals surface area contributed by atoms with E-state index in [4.69, 9.17) is 0 Å². The molecule has 1 fully saturated rings. The molecule has 1 aromatic heterocycles. The lowest BCUT2D eigenvalue weighted by Gasteiger charge is -2.14. The van der Waals surface area contributed by atoms with Gasteiger partial charge in [0.25, 0.3) is 5.91 Å². The molecule has 21 heavy (non-hydrogen) atoms. The number of carbonyl (C=O) groups is 2. The van der Waals surface area contributed by atoms with Crippen LogP contribution in [0.1, 0.15) is 48.4 Å². The second-order valence-corrected chi connectivity index (χ2v) is 5.79. The SMILES string of the molecule is O=C(NCCCN1CCCC1=O)c1cn2c(n1)CCCC2. The van der Waals surface area contributed by atoms with E-state index < -0.39 is 0 Å². The van der Waals surface area contributed by atoms with Crippen LogP contribution in [0.15, 0.2) is 6.20 Å². The number of likely N-dealkylation sites (tertiary alicyclic amines) is 1. The maximum Gasteiger partial charge on any atom is 0.271 e. The van der Waals surface area contributed by atoms with Crippen LogP contribution in [-0.2, 0) is 17.8 Å².